The smallest absolute Gasteiger partial charge is 0.280 e. The lowest BCUT2D eigenvalue weighted by Gasteiger charge is -2.40. The van der Waals surface area contributed by atoms with Crippen LogP contribution in [-0.2, 0) is 0 Å². The molecule has 0 unspecified atom stereocenters. The molecule has 2 aliphatic rings. The van der Waals surface area contributed by atoms with Gasteiger partial charge in [0.2, 0.25) is 0 Å². The van der Waals surface area contributed by atoms with E-state index >= 15 is 0 Å². The molecule has 0 aliphatic carbocycles. The second-order valence-corrected chi connectivity index (χ2v) is 7.88. The molecule has 0 spiro atoms. The molecule has 2 aliphatic heterocycles. The number of halogens is 3. The Kier molecular flexibility index (Phi) is 8.68. The van der Waals surface area contributed by atoms with Gasteiger partial charge in [-0.15, -0.1) is 0 Å². The summed E-state index contributed by atoms with van der Waals surface area (Å²) >= 11 is 0. The highest BCUT2D eigenvalue weighted by molar-refractivity contribution is 7.59. The topological polar surface area (TPSA) is 76.3 Å². The van der Waals surface area contributed by atoms with Crippen molar-refractivity contribution in [3.63, 3.8) is 0 Å². The van der Waals surface area contributed by atoms with Crippen LogP contribution in [-0.4, -0.2) is 47.5 Å². The van der Waals surface area contributed by atoms with Crippen molar-refractivity contribution < 1.29 is 18.0 Å². The van der Waals surface area contributed by atoms with E-state index in [4.69, 9.17) is 0 Å². The molecule has 33 heavy (non-hydrogen) atoms. The number of alkyl halides is 2. The van der Waals surface area contributed by atoms with E-state index in [0.29, 0.717) is 17.8 Å². The van der Waals surface area contributed by atoms with Crippen molar-refractivity contribution in [3.8, 4) is 0 Å². The molecule has 180 valence electrons. The molecule has 13 heteroatoms. The number of hydrogen-bond donors (Lipinski definition) is 0. The van der Waals surface area contributed by atoms with Crippen LogP contribution in [0.4, 0.5) is 13.2 Å². The highest BCUT2D eigenvalue weighted by atomic mass is 32.1. The average molecular weight is 519 g/mol. The van der Waals surface area contributed by atoms with Crippen molar-refractivity contribution >= 4 is 52.2 Å². The van der Waals surface area contributed by atoms with Crippen molar-refractivity contribution in [2.75, 3.05) is 0 Å². The van der Waals surface area contributed by atoms with E-state index < -0.39 is 12.2 Å². The number of pyridine rings is 1. The Hall–Kier alpha value is -1.99. The third kappa shape index (κ3) is 4.67. The lowest BCUT2D eigenvalue weighted by Crippen LogP contribution is -2.48. The van der Waals surface area contributed by atoms with E-state index in [1.165, 1.54) is 23.0 Å². The van der Waals surface area contributed by atoms with Crippen LogP contribution in [0.5, 0.6) is 0 Å². The van der Waals surface area contributed by atoms with Gasteiger partial charge in [0.05, 0.1) is 17.5 Å². The molecule has 1 amide bonds. The second kappa shape index (κ2) is 10.5. The first kappa shape index (κ1) is 27.3. The summed E-state index contributed by atoms with van der Waals surface area (Å²) < 4.78 is 42.6. The fraction of sp³-hybridized carbons (Fsp3) is 0.450. The summed E-state index contributed by atoms with van der Waals surface area (Å²) in [6.07, 6.45) is 2.54. The van der Waals surface area contributed by atoms with E-state index in [9.17, 15) is 18.0 Å². The van der Waals surface area contributed by atoms with E-state index in [2.05, 4.69) is 20.1 Å². The first-order valence-corrected chi connectivity index (χ1v) is 9.87. The fourth-order valence-corrected chi connectivity index (χ4v) is 4.89. The minimum Gasteiger partial charge on any atom is -0.332 e. The van der Waals surface area contributed by atoms with Crippen LogP contribution in [0.25, 0.3) is 5.78 Å². The number of piperidine rings is 1. The maximum Gasteiger partial charge on any atom is 0.280 e. The van der Waals surface area contributed by atoms with Crippen molar-refractivity contribution in [2.45, 2.75) is 57.0 Å². The number of carbonyl (C=O) groups is 1. The number of nitrogens with zero attached hydrogens (tertiary/aromatic N) is 6. The van der Waals surface area contributed by atoms with E-state index in [1.54, 1.807) is 11.8 Å². The maximum atomic E-state index is 14.4. The zero-order valence-electron chi connectivity index (χ0n) is 17.7. The first-order valence-electron chi connectivity index (χ1n) is 9.87. The van der Waals surface area contributed by atoms with Crippen molar-refractivity contribution in [2.24, 2.45) is 0 Å². The third-order valence-electron chi connectivity index (χ3n) is 6.18. The van der Waals surface area contributed by atoms with Gasteiger partial charge in [-0.2, -0.15) is 50.6 Å². The van der Waals surface area contributed by atoms with E-state index in [0.717, 1.165) is 25.5 Å². The Labute approximate surface area is 209 Å². The van der Waals surface area contributed by atoms with Crippen LogP contribution in [0, 0.1) is 12.7 Å². The summed E-state index contributed by atoms with van der Waals surface area (Å²) in [6.45, 7) is 1.70. The quantitative estimate of drug-likeness (QED) is 0.527. The van der Waals surface area contributed by atoms with Gasteiger partial charge in [-0.3, -0.25) is 9.78 Å². The number of rotatable bonds is 3. The molecular weight excluding hydrogens is 493 g/mol. The highest BCUT2D eigenvalue weighted by Gasteiger charge is 2.46. The maximum absolute atomic E-state index is 14.4. The lowest BCUT2D eigenvalue weighted by atomic mass is 9.86. The zero-order chi connectivity index (χ0) is 21.0. The third-order valence-corrected chi connectivity index (χ3v) is 6.18. The van der Waals surface area contributed by atoms with Crippen molar-refractivity contribution in [3.05, 3.63) is 53.1 Å². The highest BCUT2D eigenvalue weighted by Crippen LogP contribution is 2.45. The van der Waals surface area contributed by atoms with Crippen LogP contribution in [0.15, 0.2) is 24.7 Å². The Bertz CT molecular complexity index is 1150. The van der Waals surface area contributed by atoms with Crippen molar-refractivity contribution in [1.82, 2.24) is 29.5 Å². The molecule has 3 aromatic heterocycles. The number of carbonyl (C=O) groups excluding carboxylic acids is 1. The van der Waals surface area contributed by atoms with Crippen molar-refractivity contribution in [1.29, 1.82) is 0 Å². The van der Waals surface area contributed by atoms with Gasteiger partial charge in [-0.1, -0.05) is 0 Å². The molecule has 5 rings (SSSR count). The Morgan fingerprint density at radius 1 is 1.09 bits per heavy atom. The molecule has 2 saturated heterocycles. The SMILES string of the molecule is Cc1cc(C(=O)N2[C@H]3CC[C@H](c4cc(C(F)F)nc5ncnn45)[C@@H]2CC3)c(F)cn1.S.S.S. The Balaban J connectivity index is 0.00000128. The predicted octanol–water partition coefficient (Wildman–Crippen LogP) is 3.79. The average Bonchev–Trinajstić information content (AvgIpc) is 3.32. The molecule has 2 bridgehead atoms. The Morgan fingerprint density at radius 2 is 1.82 bits per heavy atom. The van der Waals surface area contributed by atoms with Gasteiger partial charge < -0.3 is 4.90 Å². The fourth-order valence-electron chi connectivity index (χ4n) is 4.89. The molecule has 0 aromatic carbocycles. The molecule has 0 N–H and O–H groups in total. The van der Waals surface area contributed by atoms with Gasteiger partial charge in [0.1, 0.15) is 12.0 Å². The van der Waals surface area contributed by atoms with Gasteiger partial charge in [-0.25, -0.2) is 22.7 Å². The summed E-state index contributed by atoms with van der Waals surface area (Å²) in [6, 6.07) is 2.59. The summed E-state index contributed by atoms with van der Waals surface area (Å²) in [4.78, 5) is 26.8. The molecular formula is C20H25F3N6OS3. The number of hydrogen-bond acceptors (Lipinski definition) is 5. The van der Waals surface area contributed by atoms with E-state index in [1.807, 2.05) is 0 Å². The minimum absolute atomic E-state index is 0. The molecule has 0 radical (unpaired) electrons. The summed E-state index contributed by atoms with van der Waals surface area (Å²) in [5, 5.41) is 4.16. The van der Waals surface area contributed by atoms with Gasteiger partial charge in [0.25, 0.3) is 18.1 Å². The second-order valence-electron chi connectivity index (χ2n) is 7.88. The largest absolute Gasteiger partial charge is 0.332 e. The summed E-state index contributed by atoms with van der Waals surface area (Å²) in [5.74, 6) is -1.15. The monoisotopic (exact) mass is 518 g/mol. The molecule has 2 fully saturated rings. The van der Waals surface area contributed by atoms with E-state index in [-0.39, 0.29) is 81.4 Å². The molecule has 3 atom stereocenters. The van der Waals surface area contributed by atoms with Gasteiger partial charge in [-0.05, 0) is 44.7 Å². The molecule has 5 heterocycles. The number of amides is 1. The zero-order valence-corrected chi connectivity index (χ0v) is 20.7. The first-order chi connectivity index (χ1) is 14.4. The number of aryl methyl sites for hydroxylation is 1. The van der Waals surface area contributed by atoms with Crippen LogP contribution in [0.2, 0.25) is 0 Å². The van der Waals surface area contributed by atoms with Gasteiger partial charge >= 0.3 is 0 Å². The number of aromatic nitrogens is 5. The lowest BCUT2D eigenvalue weighted by molar-refractivity contribution is 0.0548. The summed E-state index contributed by atoms with van der Waals surface area (Å²) in [7, 11) is 0. The molecule has 7 nitrogen and oxygen atoms in total. The van der Waals surface area contributed by atoms with Crippen LogP contribution >= 0.6 is 40.5 Å². The normalized spacial score (nSPS) is 21.4. The van der Waals surface area contributed by atoms with Crippen LogP contribution in [0.3, 0.4) is 0 Å². The minimum atomic E-state index is -2.74. The van der Waals surface area contributed by atoms with Crippen LogP contribution < -0.4 is 0 Å². The molecule has 0 saturated carbocycles. The number of fused-ring (bicyclic) bond motifs is 3. The van der Waals surface area contributed by atoms with Gasteiger partial charge in [0.15, 0.2) is 5.82 Å². The standard InChI is InChI=1S/C20H19F3N6O.3H2S/c1-10-6-13(14(21)8-24-10)19(30)28-11-2-4-12(16(28)5-3-11)17-7-15(18(22)23)27-20-25-9-26-29(17)20;;;/h6-9,11-12,16,18H,2-5H2,1H3;3*1H2/t11-,12-,16-;;;/m0.../s1. The Morgan fingerprint density at radius 3 is 2.55 bits per heavy atom. The van der Waals surface area contributed by atoms with Crippen LogP contribution in [0.1, 0.15) is 65.5 Å². The van der Waals surface area contributed by atoms with Gasteiger partial charge in [0, 0.05) is 23.7 Å². The molecule has 3 aromatic rings. The predicted molar refractivity (Wildman–Crippen MR) is 131 cm³/mol. The summed E-state index contributed by atoms with van der Waals surface area (Å²) in [5.41, 5.74) is 0.747.